The molecule has 28 heavy (non-hydrogen) atoms. The minimum atomic E-state index is -3.51. The van der Waals surface area contributed by atoms with E-state index in [1.807, 2.05) is 7.05 Å². The Morgan fingerprint density at radius 2 is 1.93 bits per heavy atom. The molecule has 2 heterocycles. The van der Waals surface area contributed by atoms with E-state index in [0.717, 1.165) is 49.2 Å². The highest BCUT2D eigenvalue weighted by molar-refractivity contribution is 7.89. The number of nitrogens with zero attached hydrogens (tertiary/aromatic N) is 3. The summed E-state index contributed by atoms with van der Waals surface area (Å²) in [5.41, 5.74) is 2.59. The van der Waals surface area contributed by atoms with Gasteiger partial charge in [0.1, 0.15) is 5.82 Å². The number of fused-ring (bicyclic) bond motifs is 1. The third-order valence-electron chi connectivity index (χ3n) is 5.67. The Bertz CT molecular complexity index is 995. The van der Waals surface area contributed by atoms with Gasteiger partial charge in [0.2, 0.25) is 10.0 Å². The molecule has 1 unspecified atom stereocenters. The number of rotatable bonds is 4. The van der Waals surface area contributed by atoms with E-state index < -0.39 is 10.0 Å². The molecule has 0 saturated carbocycles. The van der Waals surface area contributed by atoms with Gasteiger partial charge < -0.3 is 5.32 Å². The van der Waals surface area contributed by atoms with Gasteiger partial charge in [-0.3, -0.25) is 9.48 Å². The number of aromatic nitrogens is 2. The van der Waals surface area contributed by atoms with Gasteiger partial charge in [-0.25, -0.2) is 8.42 Å². The Morgan fingerprint density at radius 3 is 2.64 bits per heavy atom. The van der Waals surface area contributed by atoms with Crippen LogP contribution in [0.2, 0.25) is 0 Å². The summed E-state index contributed by atoms with van der Waals surface area (Å²) >= 11 is 0. The largest absolute Gasteiger partial charge is 0.307 e. The topological polar surface area (TPSA) is 84.3 Å². The van der Waals surface area contributed by atoms with Gasteiger partial charge >= 0.3 is 0 Å². The molecule has 1 aliphatic carbocycles. The summed E-state index contributed by atoms with van der Waals surface area (Å²) in [6.45, 7) is 3.18. The van der Waals surface area contributed by atoms with Crippen molar-refractivity contribution in [3.05, 3.63) is 41.1 Å². The molecule has 1 N–H and O–H groups in total. The van der Waals surface area contributed by atoms with Crippen LogP contribution in [0, 0.1) is 5.92 Å². The van der Waals surface area contributed by atoms with Crippen LogP contribution in [-0.2, 0) is 29.9 Å². The van der Waals surface area contributed by atoms with Gasteiger partial charge in [0.15, 0.2) is 0 Å². The van der Waals surface area contributed by atoms with Crippen LogP contribution in [0.5, 0.6) is 0 Å². The molecule has 1 aliphatic heterocycles. The predicted molar refractivity (Wildman–Crippen MR) is 107 cm³/mol. The number of aryl methyl sites for hydroxylation is 2. The summed E-state index contributed by atoms with van der Waals surface area (Å²) in [5.74, 6) is 0.846. The van der Waals surface area contributed by atoms with Gasteiger partial charge in [0, 0.05) is 31.3 Å². The zero-order valence-electron chi connectivity index (χ0n) is 16.3. The van der Waals surface area contributed by atoms with Crippen molar-refractivity contribution in [2.24, 2.45) is 13.0 Å². The molecule has 1 fully saturated rings. The molecule has 1 atom stereocenters. The number of hydrogen-bond acceptors (Lipinski definition) is 4. The first-order chi connectivity index (χ1) is 13.4. The average Bonchev–Trinajstić information content (AvgIpc) is 3.24. The number of carbonyl (C=O) groups is 1. The minimum Gasteiger partial charge on any atom is -0.307 e. The quantitative estimate of drug-likeness (QED) is 0.852. The van der Waals surface area contributed by atoms with E-state index in [2.05, 4.69) is 17.3 Å². The molecule has 1 amide bonds. The van der Waals surface area contributed by atoms with Crippen molar-refractivity contribution in [2.45, 2.75) is 43.9 Å². The average molecular weight is 403 g/mol. The summed E-state index contributed by atoms with van der Waals surface area (Å²) in [5, 5.41) is 7.40. The summed E-state index contributed by atoms with van der Waals surface area (Å²) in [6, 6.07) is 6.20. The molecule has 4 rings (SSSR count). The molecule has 0 spiro atoms. The number of sulfonamides is 1. The molecule has 1 aromatic carbocycles. The number of benzene rings is 1. The first-order valence-electron chi connectivity index (χ1n) is 9.82. The van der Waals surface area contributed by atoms with Crippen LogP contribution in [0.4, 0.5) is 5.82 Å². The van der Waals surface area contributed by atoms with Crippen molar-refractivity contribution >= 4 is 21.7 Å². The zero-order chi connectivity index (χ0) is 19.9. The van der Waals surface area contributed by atoms with E-state index in [1.165, 1.54) is 12.1 Å². The highest BCUT2D eigenvalue weighted by Crippen LogP contribution is 2.28. The van der Waals surface area contributed by atoms with Crippen LogP contribution in [0.1, 0.15) is 47.8 Å². The van der Waals surface area contributed by atoms with Crippen molar-refractivity contribution in [2.75, 3.05) is 18.4 Å². The van der Waals surface area contributed by atoms with E-state index in [1.54, 1.807) is 21.1 Å². The first kappa shape index (κ1) is 19.1. The molecule has 8 heteroatoms. The number of nitrogens with one attached hydrogen (secondary N) is 1. The second-order valence-corrected chi connectivity index (χ2v) is 9.78. The van der Waals surface area contributed by atoms with Crippen molar-refractivity contribution in [1.29, 1.82) is 0 Å². The van der Waals surface area contributed by atoms with E-state index in [-0.39, 0.29) is 10.8 Å². The standard InChI is InChI=1S/C20H26N4O3S/c1-14-5-4-12-24(13-14)28(26,27)16-10-8-15(9-11-16)20(25)21-19-17-6-3-7-18(17)22-23(19)2/h8-11,14H,3-7,12-13H2,1-2H3,(H,21,25). The van der Waals surface area contributed by atoms with Crippen molar-refractivity contribution in [1.82, 2.24) is 14.1 Å². The third-order valence-corrected chi connectivity index (χ3v) is 7.55. The molecule has 1 aromatic heterocycles. The van der Waals surface area contributed by atoms with Crippen LogP contribution in [-0.4, -0.2) is 41.5 Å². The smallest absolute Gasteiger partial charge is 0.256 e. The fourth-order valence-electron chi connectivity index (χ4n) is 4.15. The zero-order valence-corrected chi connectivity index (χ0v) is 17.1. The van der Waals surface area contributed by atoms with Gasteiger partial charge in [0.25, 0.3) is 5.91 Å². The number of hydrogen-bond donors (Lipinski definition) is 1. The fourth-order valence-corrected chi connectivity index (χ4v) is 5.75. The maximum absolute atomic E-state index is 12.9. The number of carbonyl (C=O) groups excluding carboxylic acids is 1. The lowest BCUT2D eigenvalue weighted by atomic mass is 10.0. The van der Waals surface area contributed by atoms with E-state index >= 15 is 0 Å². The van der Waals surface area contributed by atoms with Gasteiger partial charge in [-0.05, 0) is 62.3 Å². The highest BCUT2D eigenvalue weighted by atomic mass is 32.2. The highest BCUT2D eigenvalue weighted by Gasteiger charge is 2.29. The SMILES string of the molecule is CC1CCCN(S(=O)(=O)c2ccc(C(=O)Nc3c4c(nn3C)CCC4)cc2)C1. The lowest BCUT2D eigenvalue weighted by Gasteiger charge is -2.30. The van der Waals surface area contributed by atoms with Crippen molar-refractivity contribution in [3.8, 4) is 0 Å². The molecule has 7 nitrogen and oxygen atoms in total. The molecular formula is C20H26N4O3S. The van der Waals surface area contributed by atoms with Crippen LogP contribution >= 0.6 is 0 Å². The minimum absolute atomic E-state index is 0.236. The van der Waals surface area contributed by atoms with Crippen molar-refractivity contribution < 1.29 is 13.2 Å². The Balaban J connectivity index is 1.51. The number of piperidine rings is 1. The van der Waals surface area contributed by atoms with Gasteiger partial charge in [0.05, 0.1) is 10.6 Å². The fraction of sp³-hybridized carbons (Fsp3) is 0.500. The molecule has 1 saturated heterocycles. The van der Waals surface area contributed by atoms with Gasteiger partial charge in [-0.1, -0.05) is 6.92 Å². The molecule has 0 radical (unpaired) electrons. The summed E-state index contributed by atoms with van der Waals surface area (Å²) in [7, 11) is -1.69. The van der Waals surface area contributed by atoms with Crippen molar-refractivity contribution in [3.63, 3.8) is 0 Å². The summed E-state index contributed by atoms with van der Waals surface area (Å²) in [6.07, 6.45) is 4.87. The molecule has 2 aliphatic rings. The lowest BCUT2D eigenvalue weighted by molar-refractivity contribution is 0.102. The van der Waals surface area contributed by atoms with E-state index in [9.17, 15) is 13.2 Å². The summed E-state index contributed by atoms with van der Waals surface area (Å²) < 4.78 is 29.0. The number of amides is 1. The van der Waals surface area contributed by atoms with Crippen LogP contribution < -0.4 is 5.32 Å². The Labute approximate surface area is 165 Å². The molecule has 2 aromatic rings. The van der Waals surface area contributed by atoms with E-state index in [4.69, 9.17) is 0 Å². The number of anilines is 1. The van der Waals surface area contributed by atoms with Crippen LogP contribution in [0.15, 0.2) is 29.2 Å². The van der Waals surface area contributed by atoms with Gasteiger partial charge in [-0.15, -0.1) is 0 Å². The molecular weight excluding hydrogens is 376 g/mol. The first-order valence-corrected chi connectivity index (χ1v) is 11.3. The Hall–Kier alpha value is -2.19. The predicted octanol–water partition coefficient (Wildman–Crippen LogP) is 2.58. The second kappa shape index (κ2) is 7.33. The maximum atomic E-state index is 12.9. The monoisotopic (exact) mass is 402 g/mol. The lowest BCUT2D eigenvalue weighted by Crippen LogP contribution is -2.39. The Morgan fingerprint density at radius 1 is 1.18 bits per heavy atom. The molecule has 0 bridgehead atoms. The van der Waals surface area contributed by atoms with Crippen LogP contribution in [0.3, 0.4) is 0 Å². The van der Waals surface area contributed by atoms with E-state index in [0.29, 0.717) is 24.6 Å². The third kappa shape index (κ3) is 3.46. The molecule has 150 valence electrons. The van der Waals surface area contributed by atoms with Gasteiger partial charge in [-0.2, -0.15) is 9.40 Å². The van der Waals surface area contributed by atoms with Crippen LogP contribution in [0.25, 0.3) is 0 Å². The normalized spacial score (nSPS) is 20.1. The summed E-state index contributed by atoms with van der Waals surface area (Å²) in [4.78, 5) is 12.9. The Kier molecular flexibility index (Phi) is 5.01. The second-order valence-electron chi connectivity index (χ2n) is 7.84. The maximum Gasteiger partial charge on any atom is 0.256 e.